The van der Waals surface area contributed by atoms with Gasteiger partial charge in [-0.25, -0.2) is 9.97 Å². The Hall–Kier alpha value is -1.36. The van der Waals surface area contributed by atoms with E-state index in [1.807, 2.05) is 7.05 Å². The third-order valence-electron chi connectivity index (χ3n) is 3.82. The highest BCUT2D eigenvalue weighted by atomic mass is 15.1. The summed E-state index contributed by atoms with van der Waals surface area (Å²) in [7, 11) is 1.92. The number of nitrogens with zero attached hydrogens (tertiary/aromatic N) is 3. The summed E-state index contributed by atoms with van der Waals surface area (Å²) in [5.41, 5.74) is 1.21. The van der Waals surface area contributed by atoms with E-state index in [0.29, 0.717) is 0 Å². The molecule has 2 N–H and O–H groups in total. The lowest BCUT2D eigenvalue weighted by atomic mass is 10.1. The second kappa shape index (κ2) is 8.04. The molecule has 20 heavy (non-hydrogen) atoms. The van der Waals surface area contributed by atoms with Gasteiger partial charge in [0.15, 0.2) is 0 Å². The predicted molar refractivity (Wildman–Crippen MR) is 84.4 cm³/mol. The number of nitrogens with one attached hydrogen (secondary N) is 2. The Labute approximate surface area is 122 Å². The molecular formula is C15H27N5. The van der Waals surface area contributed by atoms with Crippen LogP contribution in [-0.2, 0) is 6.42 Å². The van der Waals surface area contributed by atoms with E-state index in [1.165, 1.54) is 44.5 Å². The summed E-state index contributed by atoms with van der Waals surface area (Å²) in [6, 6.07) is 0. The van der Waals surface area contributed by atoms with E-state index < -0.39 is 0 Å². The fourth-order valence-corrected chi connectivity index (χ4v) is 2.78. The van der Waals surface area contributed by atoms with E-state index in [0.717, 1.165) is 31.0 Å². The summed E-state index contributed by atoms with van der Waals surface area (Å²) in [4.78, 5) is 11.2. The lowest BCUT2D eigenvalue weighted by molar-refractivity contribution is 0.337. The van der Waals surface area contributed by atoms with Crippen LogP contribution >= 0.6 is 0 Å². The van der Waals surface area contributed by atoms with Crippen molar-refractivity contribution in [3.05, 3.63) is 11.9 Å². The minimum atomic E-state index is 0.948. The smallest absolute Gasteiger partial charge is 0.134 e. The standard InChI is InChI=1S/C15H27N5/c1-3-7-13-14(16-2)18-12-19-15(13)17-8-6-11-20-9-4-5-10-20/h12H,3-11H2,1-2H3,(H2,16,17,18,19). The molecule has 0 radical (unpaired) electrons. The van der Waals surface area contributed by atoms with E-state index in [1.54, 1.807) is 6.33 Å². The van der Waals surface area contributed by atoms with Gasteiger partial charge in [0.1, 0.15) is 18.0 Å². The Morgan fingerprint density at radius 3 is 2.65 bits per heavy atom. The quantitative estimate of drug-likeness (QED) is 0.715. The highest BCUT2D eigenvalue weighted by molar-refractivity contribution is 5.57. The molecule has 0 aromatic carbocycles. The van der Waals surface area contributed by atoms with Gasteiger partial charge in [-0.15, -0.1) is 0 Å². The minimum absolute atomic E-state index is 0.948. The Bertz CT molecular complexity index is 401. The molecule has 5 nitrogen and oxygen atoms in total. The summed E-state index contributed by atoms with van der Waals surface area (Å²) in [6.45, 7) is 6.91. The molecule has 2 rings (SSSR count). The number of rotatable bonds is 8. The number of aromatic nitrogens is 2. The summed E-state index contributed by atoms with van der Waals surface area (Å²) in [5.74, 6) is 1.94. The fraction of sp³-hybridized carbons (Fsp3) is 0.733. The SMILES string of the molecule is CCCc1c(NC)ncnc1NCCCN1CCCC1. The molecule has 0 amide bonds. The summed E-state index contributed by atoms with van der Waals surface area (Å²) in [6.07, 6.45) is 7.64. The first-order chi connectivity index (χ1) is 9.85. The normalized spacial score (nSPS) is 15.5. The summed E-state index contributed by atoms with van der Waals surface area (Å²) >= 11 is 0. The van der Waals surface area contributed by atoms with Gasteiger partial charge in [0.2, 0.25) is 0 Å². The van der Waals surface area contributed by atoms with Gasteiger partial charge in [0, 0.05) is 19.2 Å². The van der Waals surface area contributed by atoms with Crippen molar-refractivity contribution in [3.63, 3.8) is 0 Å². The van der Waals surface area contributed by atoms with Crippen molar-refractivity contribution in [2.75, 3.05) is 43.9 Å². The molecule has 0 aliphatic carbocycles. The van der Waals surface area contributed by atoms with Gasteiger partial charge in [-0.2, -0.15) is 0 Å². The molecule has 0 atom stereocenters. The molecule has 0 spiro atoms. The lowest BCUT2D eigenvalue weighted by Gasteiger charge is -2.16. The minimum Gasteiger partial charge on any atom is -0.373 e. The van der Waals surface area contributed by atoms with E-state index >= 15 is 0 Å². The molecular weight excluding hydrogens is 250 g/mol. The first kappa shape index (κ1) is 15.0. The molecule has 1 fully saturated rings. The van der Waals surface area contributed by atoms with Crippen molar-refractivity contribution in [1.82, 2.24) is 14.9 Å². The van der Waals surface area contributed by atoms with Crippen molar-refractivity contribution in [3.8, 4) is 0 Å². The monoisotopic (exact) mass is 277 g/mol. The topological polar surface area (TPSA) is 53.1 Å². The van der Waals surface area contributed by atoms with Gasteiger partial charge >= 0.3 is 0 Å². The van der Waals surface area contributed by atoms with Crippen molar-refractivity contribution in [2.24, 2.45) is 0 Å². The van der Waals surface area contributed by atoms with Crippen molar-refractivity contribution >= 4 is 11.6 Å². The van der Waals surface area contributed by atoms with Gasteiger partial charge in [-0.1, -0.05) is 13.3 Å². The van der Waals surface area contributed by atoms with Crippen LogP contribution in [0.2, 0.25) is 0 Å². The third kappa shape index (κ3) is 4.07. The third-order valence-corrected chi connectivity index (χ3v) is 3.82. The fourth-order valence-electron chi connectivity index (χ4n) is 2.78. The van der Waals surface area contributed by atoms with Crippen LogP contribution in [0.3, 0.4) is 0 Å². The van der Waals surface area contributed by atoms with Crippen molar-refractivity contribution in [2.45, 2.75) is 39.0 Å². The summed E-state index contributed by atoms with van der Waals surface area (Å²) in [5, 5.41) is 6.64. The van der Waals surface area contributed by atoms with E-state index in [9.17, 15) is 0 Å². The van der Waals surface area contributed by atoms with Gasteiger partial charge < -0.3 is 15.5 Å². The van der Waals surface area contributed by atoms with Crippen LogP contribution in [-0.4, -0.2) is 48.1 Å². The molecule has 112 valence electrons. The maximum atomic E-state index is 4.40. The van der Waals surface area contributed by atoms with Gasteiger partial charge in [-0.05, 0) is 45.3 Å². The maximum absolute atomic E-state index is 4.40. The van der Waals surface area contributed by atoms with Crippen LogP contribution in [0.25, 0.3) is 0 Å². The number of hydrogen-bond donors (Lipinski definition) is 2. The number of anilines is 2. The van der Waals surface area contributed by atoms with Crippen LogP contribution in [0.15, 0.2) is 6.33 Å². The van der Waals surface area contributed by atoms with E-state index in [2.05, 4.69) is 32.4 Å². The van der Waals surface area contributed by atoms with Gasteiger partial charge in [0.25, 0.3) is 0 Å². The van der Waals surface area contributed by atoms with E-state index in [4.69, 9.17) is 0 Å². The Balaban J connectivity index is 1.84. The maximum Gasteiger partial charge on any atom is 0.134 e. The average molecular weight is 277 g/mol. The zero-order valence-corrected chi connectivity index (χ0v) is 12.8. The van der Waals surface area contributed by atoms with Crippen LogP contribution < -0.4 is 10.6 Å². The molecule has 0 saturated carbocycles. The molecule has 1 aromatic heterocycles. The highest BCUT2D eigenvalue weighted by Crippen LogP contribution is 2.21. The first-order valence-corrected chi connectivity index (χ1v) is 7.83. The molecule has 1 aliphatic heterocycles. The summed E-state index contributed by atoms with van der Waals surface area (Å²) < 4.78 is 0. The second-order valence-corrected chi connectivity index (χ2v) is 5.38. The zero-order valence-electron chi connectivity index (χ0n) is 12.8. The van der Waals surface area contributed by atoms with Crippen molar-refractivity contribution in [1.29, 1.82) is 0 Å². The van der Waals surface area contributed by atoms with Crippen molar-refractivity contribution < 1.29 is 0 Å². The molecule has 5 heteroatoms. The first-order valence-electron chi connectivity index (χ1n) is 7.83. The zero-order chi connectivity index (χ0) is 14.2. The Kier molecular flexibility index (Phi) is 6.05. The lowest BCUT2D eigenvalue weighted by Crippen LogP contribution is -2.22. The molecule has 0 bridgehead atoms. The molecule has 0 unspecified atom stereocenters. The number of hydrogen-bond acceptors (Lipinski definition) is 5. The molecule has 1 aliphatic rings. The highest BCUT2D eigenvalue weighted by Gasteiger charge is 2.11. The molecule has 2 heterocycles. The molecule has 1 aromatic rings. The van der Waals surface area contributed by atoms with Gasteiger partial charge in [-0.3, -0.25) is 0 Å². The predicted octanol–water partition coefficient (Wildman–Crippen LogP) is 2.37. The van der Waals surface area contributed by atoms with E-state index in [-0.39, 0.29) is 0 Å². The Morgan fingerprint density at radius 2 is 1.95 bits per heavy atom. The van der Waals surface area contributed by atoms with Crippen LogP contribution in [0.4, 0.5) is 11.6 Å². The van der Waals surface area contributed by atoms with Crippen LogP contribution in [0.5, 0.6) is 0 Å². The second-order valence-electron chi connectivity index (χ2n) is 5.38. The number of likely N-dealkylation sites (tertiary alicyclic amines) is 1. The molecule has 1 saturated heterocycles. The van der Waals surface area contributed by atoms with Crippen LogP contribution in [0, 0.1) is 0 Å². The largest absolute Gasteiger partial charge is 0.373 e. The average Bonchev–Trinajstić information content (AvgIpc) is 2.98. The Morgan fingerprint density at radius 1 is 1.20 bits per heavy atom. The van der Waals surface area contributed by atoms with Gasteiger partial charge in [0.05, 0.1) is 0 Å². The van der Waals surface area contributed by atoms with Crippen LogP contribution in [0.1, 0.15) is 38.2 Å².